The second-order valence-corrected chi connectivity index (χ2v) is 3.49. The summed E-state index contributed by atoms with van der Waals surface area (Å²) in [5, 5.41) is 19.4. The first-order valence-corrected chi connectivity index (χ1v) is 4.97. The minimum absolute atomic E-state index is 0.00895. The Morgan fingerprint density at radius 3 is 3.00 bits per heavy atom. The van der Waals surface area contributed by atoms with Crippen LogP contribution in [-0.2, 0) is 13.6 Å². The highest BCUT2D eigenvalue weighted by Gasteiger charge is 2.08. The topological polar surface area (TPSA) is 66.5 Å². The molecule has 17 heavy (non-hydrogen) atoms. The molecule has 1 aromatic carbocycles. The van der Waals surface area contributed by atoms with E-state index in [4.69, 9.17) is 5.26 Å². The number of halogens is 1. The first kappa shape index (κ1) is 11.1. The molecule has 6 heteroatoms. The van der Waals surface area contributed by atoms with Gasteiger partial charge in [0.2, 0.25) is 0 Å². The Labute approximate surface area is 97.5 Å². The molecule has 0 spiro atoms. The predicted octanol–water partition coefficient (Wildman–Crippen LogP) is 1.44. The maximum Gasteiger partial charge on any atom is 0.151 e. The van der Waals surface area contributed by atoms with E-state index >= 15 is 0 Å². The average Bonchev–Trinajstić information content (AvgIpc) is 2.72. The van der Waals surface area contributed by atoms with Gasteiger partial charge in [0.05, 0.1) is 12.2 Å². The van der Waals surface area contributed by atoms with Crippen molar-refractivity contribution in [3.8, 4) is 6.07 Å². The van der Waals surface area contributed by atoms with Gasteiger partial charge in [-0.2, -0.15) is 5.26 Å². The van der Waals surface area contributed by atoms with Crippen LogP contribution in [0.2, 0.25) is 0 Å². The number of nitriles is 1. The lowest BCUT2D eigenvalue weighted by atomic mass is 10.2. The molecule has 2 rings (SSSR count). The molecule has 0 bridgehead atoms. The SMILES string of the molecule is Cn1cnnc1CNc1cccc(F)c1C#N. The average molecular weight is 231 g/mol. The van der Waals surface area contributed by atoms with Crippen molar-refractivity contribution in [2.75, 3.05) is 5.32 Å². The molecule has 0 atom stereocenters. The largest absolute Gasteiger partial charge is 0.377 e. The van der Waals surface area contributed by atoms with E-state index in [-0.39, 0.29) is 5.56 Å². The van der Waals surface area contributed by atoms with Gasteiger partial charge in [0.1, 0.15) is 23.8 Å². The molecule has 0 unspecified atom stereocenters. The maximum atomic E-state index is 13.3. The Morgan fingerprint density at radius 2 is 2.35 bits per heavy atom. The molecular formula is C11H10FN5. The van der Waals surface area contributed by atoms with E-state index < -0.39 is 5.82 Å². The number of aromatic nitrogens is 3. The summed E-state index contributed by atoms with van der Waals surface area (Å²) in [6.45, 7) is 0.384. The Morgan fingerprint density at radius 1 is 1.53 bits per heavy atom. The van der Waals surface area contributed by atoms with Gasteiger partial charge < -0.3 is 9.88 Å². The first-order chi connectivity index (χ1) is 8.22. The number of anilines is 1. The Hall–Kier alpha value is -2.42. The first-order valence-electron chi connectivity index (χ1n) is 4.97. The van der Waals surface area contributed by atoms with Gasteiger partial charge in [-0.05, 0) is 12.1 Å². The van der Waals surface area contributed by atoms with Gasteiger partial charge in [-0.3, -0.25) is 0 Å². The highest BCUT2D eigenvalue weighted by Crippen LogP contribution is 2.18. The summed E-state index contributed by atoms with van der Waals surface area (Å²) in [6, 6.07) is 6.29. The Kier molecular flexibility index (Phi) is 3.01. The normalized spacial score (nSPS) is 9.94. The summed E-state index contributed by atoms with van der Waals surface area (Å²) in [5.41, 5.74) is 0.463. The third-order valence-corrected chi connectivity index (χ3v) is 2.37. The predicted molar refractivity (Wildman–Crippen MR) is 59.4 cm³/mol. The van der Waals surface area contributed by atoms with Crippen molar-refractivity contribution in [1.29, 1.82) is 5.26 Å². The quantitative estimate of drug-likeness (QED) is 0.867. The zero-order chi connectivity index (χ0) is 12.3. The maximum absolute atomic E-state index is 13.3. The molecule has 0 fully saturated rings. The molecule has 2 aromatic rings. The zero-order valence-electron chi connectivity index (χ0n) is 9.18. The van der Waals surface area contributed by atoms with Crippen LogP contribution < -0.4 is 5.32 Å². The van der Waals surface area contributed by atoms with Crippen LogP contribution in [0.5, 0.6) is 0 Å². The summed E-state index contributed by atoms with van der Waals surface area (Å²) in [4.78, 5) is 0. The van der Waals surface area contributed by atoms with E-state index in [1.807, 2.05) is 13.1 Å². The van der Waals surface area contributed by atoms with Gasteiger partial charge in [0.15, 0.2) is 5.82 Å². The number of aryl methyl sites for hydroxylation is 1. The van der Waals surface area contributed by atoms with Gasteiger partial charge >= 0.3 is 0 Å². The lowest BCUT2D eigenvalue weighted by Gasteiger charge is -2.07. The second kappa shape index (κ2) is 4.61. The summed E-state index contributed by atoms with van der Waals surface area (Å²) in [5.74, 6) is 0.175. The Balaban J connectivity index is 2.18. The van der Waals surface area contributed by atoms with E-state index in [1.165, 1.54) is 6.07 Å². The van der Waals surface area contributed by atoms with Crippen LogP contribution >= 0.6 is 0 Å². The molecule has 0 saturated carbocycles. The molecule has 5 nitrogen and oxygen atoms in total. The van der Waals surface area contributed by atoms with E-state index in [9.17, 15) is 4.39 Å². The van der Waals surface area contributed by atoms with E-state index in [0.29, 0.717) is 18.1 Å². The molecule has 1 heterocycles. The summed E-state index contributed by atoms with van der Waals surface area (Å²) < 4.78 is 15.0. The lowest BCUT2D eigenvalue weighted by molar-refractivity contribution is 0.624. The number of rotatable bonds is 3. The Bertz CT molecular complexity index is 569. The fraction of sp³-hybridized carbons (Fsp3) is 0.182. The van der Waals surface area contributed by atoms with Crippen molar-refractivity contribution in [1.82, 2.24) is 14.8 Å². The third-order valence-electron chi connectivity index (χ3n) is 2.37. The molecule has 0 radical (unpaired) electrons. The van der Waals surface area contributed by atoms with E-state index in [0.717, 1.165) is 0 Å². The van der Waals surface area contributed by atoms with Gasteiger partial charge in [0.25, 0.3) is 0 Å². The van der Waals surface area contributed by atoms with Crippen LogP contribution in [0, 0.1) is 17.1 Å². The highest BCUT2D eigenvalue weighted by atomic mass is 19.1. The number of hydrogen-bond donors (Lipinski definition) is 1. The molecular weight excluding hydrogens is 221 g/mol. The minimum Gasteiger partial charge on any atom is -0.377 e. The van der Waals surface area contributed by atoms with Crippen molar-refractivity contribution in [2.24, 2.45) is 7.05 Å². The fourth-order valence-electron chi connectivity index (χ4n) is 1.43. The molecule has 1 aromatic heterocycles. The van der Waals surface area contributed by atoms with E-state index in [2.05, 4.69) is 15.5 Å². The number of nitrogens with zero attached hydrogens (tertiary/aromatic N) is 4. The number of nitrogens with one attached hydrogen (secondary N) is 1. The molecule has 0 aliphatic heterocycles. The highest BCUT2D eigenvalue weighted by molar-refractivity contribution is 5.57. The molecule has 0 aliphatic rings. The molecule has 0 amide bonds. The van der Waals surface area contributed by atoms with Gasteiger partial charge in [-0.25, -0.2) is 4.39 Å². The van der Waals surface area contributed by atoms with Crippen LogP contribution in [-0.4, -0.2) is 14.8 Å². The van der Waals surface area contributed by atoms with Crippen molar-refractivity contribution in [3.05, 3.63) is 41.7 Å². The van der Waals surface area contributed by atoms with Crippen LogP contribution in [0.1, 0.15) is 11.4 Å². The van der Waals surface area contributed by atoms with Crippen LogP contribution in [0.15, 0.2) is 24.5 Å². The van der Waals surface area contributed by atoms with E-state index in [1.54, 1.807) is 23.0 Å². The van der Waals surface area contributed by atoms with Gasteiger partial charge in [0, 0.05) is 7.05 Å². The monoisotopic (exact) mass is 231 g/mol. The third kappa shape index (κ3) is 2.23. The number of benzene rings is 1. The summed E-state index contributed by atoms with van der Waals surface area (Å²) in [7, 11) is 1.81. The number of hydrogen-bond acceptors (Lipinski definition) is 4. The minimum atomic E-state index is -0.532. The molecule has 86 valence electrons. The van der Waals surface area contributed by atoms with Gasteiger partial charge in [-0.1, -0.05) is 6.07 Å². The van der Waals surface area contributed by atoms with Crippen LogP contribution in [0.3, 0.4) is 0 Å². The summed E-state index contributed by atoms with van der Waals surface area (Å²) in [6.07, 6.45) is 1.58. The second-order valence-electron chi connectivity index (χ2n) is 3.49. The molecule has 0 saturated heterocycles. The van der Waals surface area contributed by atoms with Crippen molar-refractivity contribution < 1.29 is 4.39 Å². The molecule has 0 aliphatic carbocycles. The molecule has 1 N–H and O–H groups in total. The smallest absolute Gasteiger partial charge is 0.151 e. The standard InChI is InChI=1S/C11H10FN5/c1-17-7-15-16-11(17)6-14-10-4-2-3-9(12)8(10)5-13/h2-4,7,14H,6H2,1H3. The van der Waals surface area contributed by atoms with Crippen molar-refractivity contribution in [2.45, 2.75) is 6.54 Å². The van der Waals surface area contributed by atoms with Crippen LogP contribution in [0.25, 0.3) is 0 Å². The lowest BCUT2D eigenvalue weighted by Crippen LogP contribution is -2.07. The van der Waals surface area contributed by atoms with Gasteiger partial charge in [-0.15, -0.1) is 10.2 Å². The fourth-order valence-corrected chi connectivity index (χ4v) is 1.43. The zero-order valence-corrected chi connectivity index (χ0v) is 9.18. The summed E-state index contributed by atoms with van der Waals surface area (Å²) >= 11 is 0. The van der Waals surface area contributed by atoms with Crippen LogP contribution in [0.4, 0.5) is 10.1 Å². The van der Waals surface area contributed by atoms with Crippen molar-refractivity contribution in [3.63, 3.8) is 0 Å². The van der Waals surface area contributed by atoms with Crippen molar-refractivity contribution >= 4 is 5.69 Å².